The second-order valence-electron chi connectivity index (χ2n) is 3.00. The molecule has 1 aliphatic heterocycles. The van der Waals surface area contributed by atoms with Crippen LogP contribution in [0.1, 0.15) is 0 Å². The molecule has 0 fully saturated rings. The van der Waals surface area contributed by atoms with Crippen molar-refractivity contribution < 1.29 is 13.0 Å². The molecule has 0 aliphatic carbocycles. The second kappa shape index (κ2) is 4.30. The quantitative estimate of drug-likeness (QED) is 0.740. The molecule has 7 heteroatoms. The molecular formula is C8H9N2O3S2-. The Bertz CT molecular complexity index is 436. The highest BCUT2D eigenvalue weighted by Crippen LogP contribution is 2.30. The minimum absolute atomic E-state index is 0.381. The lowest BCUT2D eigenvalue weighted by molar-refractivity contribution is 0.542. The van der Waals surface area contributed by atoms with Gasteiger partial charge in [-0.2, -0.15) is 0 Å². The summed E-state index contributed by atoms with van der Waals surface area (Å²) in [6.07, 6.45) is 0. The minimum atomic E-state index is -2.39. The van der Waals surface area contributed by atoms with E-state index in [1.54, 1.807) is 18.2 Å². The van der Waals surface area contributed by atoms with Crippen molar-refractivity contribution in [3.63, 3.8) is 0 Å². The summed E-state index contributed by atoms with van der Waals surface area (Å²) >= 11 is -2.39. The van der Waals surface area contributed by atoms with E-state index in [4.69, 9.17) is 0 Å². The van der Waals surface area contributed by atoms with Crippen LogP contribution in [0.2, 0.25) is 0 Å². The van der Waals surface area contributed by atoms with E-state index in [9.17, 15) is 13.0 Å². The summed E-state index contributed by atoms with van der Waals surface area (Å²) in [5.74, 6) is 0.497. The topological polar surface area (TPSA) is 81.3 Å². The molecule has 0 saturated carbocycles. The van der Waals surface area contributed by atoms with Gasteiger partial charge in [-0.05, 0) is 12.1 Å². The normalized spacial score (nSPS) is 21.3. The Morgan fingerprint density at radius 1 is 1.53 bits per heavy atom. The lowest BCUT2D eigenvalue weighted by Crippen LogP contribution is -2.20. The molecule has 2 rings (SSSR count). The predicted molar refractivity (Wildman–Crippen MR) is 58.7 cm³/mol. The molecule has 1 aromatic carbocycles. The molecule has 1 aliphatic rings. The Labute approximate surface area is 92.1 Å². The van der Waals surface area contributed by atoms with Crippen molar-refractivity contribution in [2.45, 2.75) is 4.90 Å². The molecule has 0 bridgehead atoms. The molecule has 82 valence electrons. The largest absolute Gasteiger partial charge is 0.755 e. The Hall–Kier alpha value is -0.920. The lowest BCUT2D eigenvalue weighted by Gasteiger charge is -2.21. The van der Waals surface area contributed by atoms with E-state index in [1.807, 2.05) is 0 Å². The molecule has 0 saturated heterocycles. The predicted octanol–water partition coefficient (Wildman–Crippen LogP) is 0.426. The molecule has 5 nitrogen and oxygen atoms in total. The van der Waals surface area contributed by atoms with Crippen LogP contribution >= 0.6 is 0 Å². The fourth-order valence-corrected chi connectivity index (χ4v) is 3.13. The van der Waals surface area contributed by atoms with Crippen LogP contribution in [0.4, 0.5) is 11.4 Å². The van der Waals surface area contributed by atoms with Gasteiger partial charge in [0.25, 0.3) is 0 Å². The van der Waals surface area contributed by atoms with Crippen LogP contribution in [0.5, 0.6) is 0 Å². The Balaban J connectivity index is 2.46. The van der Waals surface area contributed by atoms with E-state index in [0.717, 1.165) is 5.69 Å². The van der Waals surface area contributed by atoms with Gasteiger partial charge in [0.05, 0.1) is 27.1 Å². The van der Waals surface area contributed by atoms with Crippen molar-refractivity contribution in [1.29, 1.82) is 0 Å². The molecule has 1 heterocycles. The van der Waals surface area contributed by atoms with Crippen LogP contribution in [-0.4, -0.2) is 25.3 Å². The van der Waals surface area contributed by atoms with E-state index in [2.05, 4.69) is 10.0 Å². The first-order valence-corrected chi connectivity index (χ1v) is 6.69. The summed E-state index contributed by atoms with van der Waals surface area (Å²) in [5.41, 5.74) is 1.11. The molecule has 0 aromatic heterocycles. The van der Waals surface area contributed by atoms with Crippen LogP contribution in [0.25, 0.3) is 0 Å². The zero-order valence-corrected chi connectivity index (χ0v) is 9.32. The highest BCUT2D eigenvalue weighted by Gasteiger charge is 2.18. The first-order valence-electron chi connectivity index (χ1n) is 4.29. The first-order chi connectivity index (χ1) is 7.18. The third-order valence-electron chi connectivity index (χ3n) is 2.04. The number of nitrogens with one attached hydrogen (secondary N) is 2. The van der Waals surface area contributed by atoms with E-state index >= 15 is 0 Å². The van der Waals surface area contributed by atoms with Crippen molar-refractivity contribution in [3.8, 4) is 0 Å². The fourth-order valence-electron chi connectivity index (χ4n) is 1.47. The third kappa shape index (κ3) is 2.19. The zero-order valence-electron chi connectivity index (χ0n) is 7.69. The van der Waals surface area contributed by atoms with Gasteiger partial charge in [-0.1, -0.05) is 6.07 Å². The van der Waals surface area contributed by atoms with Crippen LogP contribution < -0.4 is 10.0 Å². The number of benzene rings is 1. The summed E-state index contributed by atoms with van der Waals surface area (Å²) in [7, 11) is -1.14. The maximum Gasteiger partial charge on any atom is 0.0860 e. The van der Waals surface area contributed by atoms with E-state index in [0.29, 0.717) is 22.9 Å². The van der Waals surface area contributed by atoms with Gasteiger partial charge in [0.15, 0.2) is 0 Å². The van der Waals surface area contributed by atoms with Crippen molar-refractivity contribution in [1.82, 2.24) is 0 Å². The number of anilines is 2. The van der Waals surface area contributed by atoms with Crippen molar-refractivity contribution in [2.24, 2.45) is 0 Å². The van der Waals surface area contributed by atoms with Gasteiger partial charge >= 0.3 is 0 Å². The van der Waals surface area contributed by atoms with Gasteiger partial charge < -0.3 is 14.6 Å². The molecule has 0 radical (unpaired) electrons. The first kappa shape index (κ1) is 10.6. The summed E-state index contributed by atoms with van der Waals surface area (Å²) in [4.78, 5) is 0.535. The molecule has 2 N–H and O–H groups in total. The lowest BCUT2D eigenvalue weighted by atomic mass is 10.3. The summed E-state index contributed by atoms with van der Waals surface area (Å²) in [6, 6.07) is 5.09. The molecule has 15 heavy (non-hydrogen) atoms. The summed E-state index contributed by atoms with van der Waals surface area (Å²) in [5, 5.41) is 3.07. The highest BCUT2D eigenvalue weighted by atomic mass is 32.2. The molecule has 2 atom stereocenters. The Morgan fingerprint density at radius 3 is 3.07 bits per heavy atom. The average Bonchev–Trinajstić information content (AvgIpc) is 2.17. The Kier molecular flexibility index (Phi) is 3.03. The number of hydrogen-bond acceptors (Lipinski definition) is 4. The molecule has 0 amide bonds. The van der Waals surface area contributed by atoms with Crippen molar-refractivity contribution in [3.05, 3.63) is 18.2 Å². The van der Waals surface area contributed by atoms with Crippen LogP contribution in [0, 0.1) is 0 Å². The molecule has 0 spiro atoms. The zero-order chi connectivity index (χ0) is 10.8. The minimum Gasteiger partial charge on any atom is -0.755 e. The molecular weight excluding hydrogens is 236 g/mol. The summed E-state index contributed by atoms with van der Waals surface area (Å²) < 4.78 is 35.0. The second-order valence-corrected chi connectivity index (χ2v) is 5.18. The van der Waals surface area contributed by atoms with E-state index < -0.39 is 22.1 Å². The van der Waals surface area contributed by atoms with Crippen LogP contribution in [0.3, 0.4) is 0 Å². The van der Waals surface area contributed by atoms with Crippen molar-refractivity contribution in [2.75, 3.05) is 22.3 Å². The third-order valence-corrected chi connectivity index (χ3v) is 3.90. The number of rotatable bonds is 2. The van der Waals surface area contributed by atoms with Gasteiger partial charge in [0.2, 0.25) is 0 Å². The maximum absolute atomic E-state index is 11.7. The average molecular weight is 245 g/mol. The molecule has 1 aromatic rings. The molecule has 2 unspecified atom stereocenters. The standard InChI is InChI=1S/C8H10N2O3S2/c11-14-5-4-9-6-2-1-3-7(8(6)14)10-15(12)13/h1-3,9-10H,4-5H2,(H,12,13)/p-1. The van der Waals surface area contributed by atoms with Gasteiger partial charge in [-0.3, -0.25) is 8.42 Å². The van der Waals surface area contributed by atoms with Gasteiger partial charge in [0.1, 0.15) is 0 Å². The monoisotopic (exact) mass is 245 g/mol. The van der Waals surface area contributed by atoms with Crippen LogP contribution in [-0.2, 0) is 22.1 Å². The highest BCUT2D eigenvalue weighted by molar-refractivity contribution is 7.85. The van der Waals surface area contributed by atoms with Gasteiger partial charge in [-0.25, -0.2) is 0 Å². The van der Waals surface area contributed by atoms with Crippen LogP contribution in [0.15, 0.2) is 23.1 Å². The summed E-state index contributed by atoms with van der Waals surface area (Å²) in [6.45, 7) is 0.642. The number of hydrogen-bond donors (Lipinski definition) is 2. The fraction of sp³-hybridized carbons (Fsp3) is 0.250. The number of fused-ring (bicyclic) bond motifs is 1. The smallest absolute Gasteiger partial charge is 0.0860 e. The van der Waals surface area contributed by atoms with Crippen molar-refractivity contribution >= 4 is 33.4 Å². The SMILES string of the molecule is O=S([O-])Nc1cccc2c1S(=O)CCN2. The van der Waals surface area contributed by atoms with E-state index in [1.165, 1.54) is 0 Å². The van der Waals surface area contributed by atoms with Gasteiger partial charge in [-0.15, -0.1) is 0 Å². The Morgan fingerprint density at radius 2 is 2.33 bits per heavy atom. The van der Waals surface area contributed by atoms with E-state index in [-0.39, 0.29) is 0 Å². The van der Waals surface area contributed by atoms with Gasteiger partial charge in [0, 0.05) is 23.6 Å². The maximum atomic E-state index is 11.7.